The Morgan fingerprint density at radius 1 is 1.05 bits per heavy atom. The molecule has 1 fully saturated rings. The fourth-order valence-corrected chi connectivity index (χ4v) is 8.16. The van der Waals surface area contributed by atoms with E-state index in [9.17, 15) is 39.6 Å². The number of allylic oxidation sites excluding steroid dienone is 1. The van der Waals surface area contributed by atoms with Crippen LogP contribution < -0.4 is 5.32 Å². The number of rotatable bonds is 5. The Morgan fingerprint density at radius 2 is 1.63 bits per heavy atom. The highest BCUT2D eigenvalue weighted by molar-refractivity contribution is 6.24. The molecule has 0 aromatic heterocycles. The normalized spacial score (nSPS) is 32.4. The molecule has 0 heterocycles. The van der Waals surface area contributed by atoms with Gasteiger partial charge in [-0.2, -0.15) is 0 Å². The third kappa shape index (κ3) is 4.21. The van der Waals surface area contributed by atoms with Crippen LogP contribution in [0.4, 0.5) is 5.69 Å². The van der Waals surface area contributed by atoms with Crippen molar-refractivity contribution in [2.75, 3.05) is 5.32 Å². The van der Waals surface area contributed by atoms with Gasteiger partial charge >= 0.3 is 0 Å². The van der Waals surface area contributed by atoms with E-state index in [0.717, 1.165) is 6.92 Å². The van der Waals surface area contributed by atoms with Gasteiger partial charge in [-0.1, -0.05) is 68.4 Å². The Labute approximate surface area is 253 Å². The molecule has 6 atom stereocenters. The minimum Gasteiger partial charge on any atom is -0.508 e. The Kier molecular flexibility index (Phi) is 7.58. The predicted molar refractivity (Wildman–Crippen MR) is 162 cm³/mol. The van der Waals surface area contributed by atoms with Crippen LogP contribution in [0.3, 0.4) is 0 Å². The highest BCUT2D eigenvalue weighted by Gasteiger charge is 2.75. The monoisotopic (exact) mass is 595 g/mol. The molecule has 3 aliphatic carbocycles. The number of anilines is 1. The van der Waals surface area contributed by atoms with Gasteiger partial charge < -0.3 is 25.7 Å². The number of phenols is 1. The van der Waals surface area contributed by atoms with Crippen molar-refractivity contribution in [3.63, 3.8) is 0 Å². The van der Waals surface area contributed by atoms with Crippen molar-refractivity contribution in [3.8, 4) is 5.75 Å². The zero-order valence-electron chi connectivity index (χ0n) is 26.8. The van der Waals surface area contributed by atoms with Crippen LogP contribution in [0.25, 0.3) is 5.76 Å². The quantitative estimate of drug-likeness (QED) is 0.212. The summed E-state index contributed by atoms with van der Waals surface area (Å²) < 4.78 is 0. The van der Waals surface area contributed by atoms with Crippen molar-refractivity contribution >= 4 is 34.7 Å². The topological polar surface area (TPSA) is 161 Å². The summed E-state index contributed by atoms with van der Waals surface area (Å²) in [7, 11) is 0. The second-order valence-electron chi connectivity index (χ2n) is 14.7. The number of amides is 1. The molecule has 3 aliphatic rings. The van der Waals surface area contributed by atoms with Gasteiger partial charge in [-0.15, -0.1) is 0 Å². The van der Waals surface area contributed by atoms with Gasteiger partial charge in [-0.05, 0) is 48.1 Å². The molecule has 1 unspecified atom stereocenters. The van der Waals surface area contributed by atoms with Gasteiger partial charge in [0.2, 0.25) is 11.7 Å². The number of aliphatic hydroxyl groups is 3. The minimum atomic E-state index is -2.70. The van der Waals surface area contributed by atoms with E-state index in [1.54, 1.807) is 46.8 Å². The molecule has 0 spiro atoms. The second-order valence-corrected chi connectivity index (χ2v) is 14.7. The van der Waals surface area contributed by atoms with Crippen molar-refractivity contribution in [3.05, 3.63) is 40.2 Å². The lowest BCUT2D eigenvalue weighted by atomic mass is 9.38. The van der Waals surface area contributed by atoms with E-state index in [1.165, 1.54) is 0 Å². The molecule has 1 saturated carbocycles. The van der Waals surface area contributed by atoms with Crippen LogP contribution in [0.2, 0.25) is 0 Å². The molecular formula is C34H45NO8. The lowest BCUT2D eigenvalue weighted by Crippen LogP contribution is -2.72. The zero-order chi connectivity index (χ0) is 32.8. The summed E-state index contributed by atoms with van der Waals surface area (Å²) >= 11 is 0. The van der Waals surface area contributed by atoms with E-state index >= 15 is 0 Å². The number of ketones is 3. The zero-order valence-corrected chi connectivity index (χ0v) is 26.8. The molecular weight excluding hydrogens is 550 g/mol. The lowest BCUT2D eigenvalue weighted by molar-refractivity contribution is -0.195. The van der Waals surface area contributed by atoms with Crippen molar-refractivity contribution in [1.82, 2.24) is 0 Å². The number of carbonyl (C=O) groups is 4. The molecule has 1 aromatic carbocycles. The molecule has 0 saturated heterocycles. The van der Waals surface area contributed by atoms with Crippen molar-refractivity contribution < 1.29 is 39.6 Å². The Bertz CT molecular complexity index is 1510. The van der Waals surface area contributed by atoms with E-state index < -0.39 is 80.3 Å². The summed E-state index contributed by atoms with van der Waals surface area (Å²) in [5.41, 5.74) is -5.81. The third-order valence-corrected chi connectivity index (χ3v) is 10.9. The SMILES string of the molecule is CC(=O)C1=C(O)[C@]2(O)C(=O)C3=C(O)c4c(ccc(NC(=O)CCC(C)(C)C)c4O)[C@@H](C)[C@]3(C)[C@@H](C)[C@]2(C)C(C(C)C)C1=O. The van der Waals surface area contributed by atoms with Gasteiger partial charge in [0.1, 0.15) is 22.8 Å². The smallest absolute Gasteiger partial charge is 0.224 e. The van der Waals surface area contributed by atoms with Crippen LogP contribution in [0.15, 0.2) is 29.0 Å². The maximum Gasteiger partial charge on any atom is 0.224 e. The number of hydrogen-bond donors (Lipinski definition) is 5. The summed E-state index contributed by atoms with van der Waals surface area (Å²) in [6.07, 6.45) is 0.821. The fourth-order valence-electron chi connectivity index (χ4n) is 8.16. The molecule has 0 bridgehead atoms. The first kappa shape index (κ1) is 32.5. The largest absolute Gasteiger partial charge is 0.508 e. The Hall–Kier alpha value is -3.46. The molecule has 9 heteroatoms. The van der Waals surface area contributed by atoms with Crippen LogP contribution in [-0.4, -0.2) is 49.3 Å². The highest BCUT2D eigenvalue weighted by atomic mass is 16.3. The molecule has 0 aliphatic heterocycles. The predicted octanol–water partition coefficient (Wildman–Crippen LogP) is 5.76. The molecule has 1 aromatic rings. The van der Waals surface area contributed by atoms with Crippen LogP contribution in [0.1, 0.15) is 99.1 Å². The highest BCUT2D eigenvalue weighted by Crippen LogP contribution is 2.70. The van der Waals surface area contributed by atoms with Gasteiger partial charge in [0.25, 0.3) is 0 Å². The van der Waals surface area contributed by atoms with Gasteiger partial charge in [0, 0.05) is 28.7 Å². The minimum absolute atomic E-state index is 0.0519. The van der Waals surface area contributed by atoms with E-state index in [4.69, 9.17) is 0 Å². The van der Waals surface area contributed by atoms with Crippen LogP contribution in [-0.2, 0) is 19.2 Å². The van der Waals surface area contributed by atoms with E-state index in [-0.39, 0.29) is 34.6 Å². The molecule has 4 rings (SSSR count). The molecule has 9 nitrogen and oxygen atoms in total. The summed E-state index contributed by atoms with van der Waals surface area (Å²) in [4.78, 5) is 53.7. The Morgan fingerprint density at radius 3 is 2.14 bits per heavy atom. The molecule has 0 radical (unpaired) electrons. The van der Waals surface area contributed by atoms with Crippen molar-refractivity contribution in [2.24, 2.45) is 34.0 Å². The van der Waals surface area contributed by atoms with Gasteiger partial charge in [0.15, 0.2) is 17.2 Å². The van der Waals surface area contributed by atoms with Crippen LogP contribution >= 0.6 is 0 Å². The summed E-state index contributed by atoms with van der Waals surface area (Å²) in [5.74, 6) is -7.40. The summed E-state index contributed by atoms with van der Waals surface area (Å²) in [6.45, 7) is 17.7. The molecule has 43 heavy (non-hydrogen) atoms. The standard InChI is InChI=1S/C34H45NO8/c1-15(2)24-27(39)22(17(4)36)29(41)34(43)30(42)25-28(40)23-19(16(3)32(25,9)18(5)33(24,34)10)11-12-20(26(23)38)35-21(37)13-14-31(6,7)8/h11-12,15-16,18,24,38,40-41,43H,13-14H2,1-10H3,(H,35,37)/t16-,18-,24?,32-,33-,34+/m1/s1. The Balaban J connectivity index is 1.98. The first-order valence-electron chi connectivity index (χ1n) is 15.0. The lowest BCUT2D eigenvalue weighted by Gasteiger charge is -2.64. The number of nitrogens with one attached hydrogen (secondary N) is 1. The number of aliphatic hydroxyl groups excluding tert-OH is 2. The summed E-state index contributed by atoms with van der Waals surface area (Å²) in [6, 6.07) is 3.25. The average molecular weight is 596 g/mol. The van der Waals surface area contributed by atoms with Gasteiger partial charge in [-0.25, -0.2) is 0 Å². The second kappa shape index (κ2) is 10.0. The third-order valence-electron chi connectivity index (χ3n) is 10.9. The number of phenolic OH excluding ortho intramolecular Hbond substituents is 1. The van der Waals surface area contributed by atoms with Crippen molar-refractivity contribution in [1.29, 1.82) is 0 Å². The van der Waals surface area contributed by atoms with E-state index in [0.29, 0.717) is 12.0 Å². The number of aromatic hydroxyl groups is 1. The first-order chi connectivity index (χ1) is 19.6. The maximum absolute atomic E-state index is 14.6. The first-order valence-corrected chi connectivity index (χ1v) is 15.0. The number of Topliss-reactive ketones (excluding diaryl/α,β-unsaturated/α-hetero) is 3. The number of hydrogen-bond acceptors (Lipinski definition) is 8. The molecule has 1 amide bonds. The average Bonchev–Trinajstić information content (AvgIpc) is 2.88. The van der Waals surface area contributed by atoms with Crippen molar-refractivity contribution in [2.45, 2.75) is 93.6 Å². The van der Waals surface area contributed by atoms with Gasteiger partial charge in [0.05, 0.1) is 11.3 Å². The maximum atomic E-state index is 14.6. The van der Waals surface area contributed by atoms with Crippen LogP contribution in [0.5, 0.6) is 5.75 Å². The summed E-state index contributed by atoms with van der Waals surface area (Å²) in [5, 5.41) is 49.6. The fraction of sp³-hybridized carbons (Fsp3) is 0.588. The van der Waals surface area contributed by atoms with E-state index in [1.807, 2.05) is 27.7 Å². The van der Waals surface area contributed by atoms with Crippen LogP contribution in [0, 0.1) is 34.0 Å². The number of fused-ring (bicyclic) bond motifs is 3. The van der Waals surface area contributed by atoms with Gasteiger partial charge in [-0.3, -0.25) is 19.2 Å². The number of benzene rings is 1. The number of carbonyl (C=O) groups excluding carboxylic acids is 4. The molecule has 234 valence electrons. The molecule has 5 N–H and O–H groups in total. The van der Waals surface area contributed by atoms with E-state index in [2.05, 4.69) is 5.32 Å².